The molecule has 0 atom stereocenters. The van der Waals surface area contributed by atoms with Gasteiger partial charge in [-0.25, -0.2) is 4.79 Å². The number of aromatic amines is 1. The minimum atomic E-state index is -0.224. The van der Waals surface area contributed by atoms with Gasteiger partial charge >= 0.3 is 11.7 Å². The lowest BCUT2D eigenvalue weighted by Gasteiger charge is -2.10. The summed E-state index contributed by atoms with van der Waals surface area (Å²) < 4.78 is 7.28. The minimum absolute atomic E-state index is 0.224. The van der Waals surface area contributed by atoms with Crippen LogP contribution in [0.25, 0.3) is 11.2 Å². The highest BCUT2D eigenvalue weighted by atomic mass is 35.5. The van der Waals surface area contributed by atoms with E-state index in [1.807, 2.05) is 30.3 Å². The van der Waals surface area contributed by atoms with E-state index in [9.17, 15) is 4.79 Å². The highest BCUT2D eigenvalue weighted by Crippen LogP contribution is 2.21. The van der Waals surface area contributed by atoms with Crippen molar-refractivity contribution in [2.45, 2.75) is 39.3 Å². The number of alkyl halides is 1. The standard InChI is InChI=1S/C19H24ClN5O2/c1-2-3-12-27-18-23-16(21-13-14-8-5-4-6-9-14)15-17(24-18)25(11-7-10-20)19(26)22-15/h4-6,8-9H,2-3,7,10-13H2,1H3,(H,22,26)(H,21,23,24). The molecule has 0 saturated carbocycles. The SMILES string of the molecule is CCCCOc1nc(NCc2ccccc2)c2[nH]c(=O)n(CCCCl)c2n1. The van der Waals surface area contributed by atoms with Crippen LogP contribution in [-0.4, -0.2) is 32.0 Å². The van der Waals surface area contributed by atoms with Crippen LogP contribution in [0, 0.1) is 0 Å². The van der Waals surface area contributed by atoms with Gasteiger partial charge in [-0.3, -0.25) is 4.57 Å². The summed E-state index contributed by atoms with van der Waals surface area (Å²) in [4.78, 5) is 24.1. The van der Waals surface area contributed by atoms with E-state index < -0.39 is 0 Å². The summed E-state index contributed by atoms with van der Waals surface area (Å²) in [5.41, 5.74) is 2.00. The number of ether oxygens (including phenoxy) is 1. The summed E-state index contributed by atoms with van der Waals surface area (Å²) in [7, 11) is 0. The quantitative estimate of drug-likeness (QED) is 0.409. The Morgan fingerprint density at radius 3 is 2.78 bits per heavy atom. The van der Waals surface area contributed by atoms with Crippen molar-refractivity contribution in [1.29, 1.82) is 0 Å². The van der Waals surface area contributed by atoms with E-state index in [1.54, 1.807) is 4.57 Å². The Labute approximate surface area is 162 Å². The molecule has 2 heterocycles. The number of H-pyrrole nitrogens is 1. The van der Waals surface area contributed by atoms with Crippen LogP contribution in [0.2, 0.25) is 0 Å². The first-order valence-corrected chi connectivity index (χ1v) is 9.73. The maximum absolute atomic E-state index is 12.4. The van der Waals surface area contributed by atoms with Crippen molar-refractivity contribution in [3.05, 3.63) is 46.4 Å². The zero-order valence-corrected chi connectivity index (χ0v) is 16.1. The number of nitrogens with one attached hydrogen (secondary N) is 2. The molecule has 2 N–H and O–H groups in total. The number of unbranched alkanes of at least 4 members (excludes halogenated alkanes) is 1. The highest BCUT2D eigenvalue weighted by molar-refractivity contribution is 6.17. The van der Waals surface area contributed by atoms with Crippen LogP contribution in [-0.2, 0) is 13.1 Å². The molecule has 0 amide bonds. The number of aryl methyl sites for hydroxylation is 1. The average molecular weight is 390 g/mol. The van der Waals surface area contributed by atoms with Crippen LogP contribution in [0.15, 0.2) is 35.1 Å². The van der Waals surface area contributed by atoms with Crippen molar-refractivity contribution in [1.82, 2.24) is 19.5 Å². The second kappa shape index (κ2) is 9.41. The van der Waals surface area contributed by atoms with E-state index in [-0.39, 0.29) is 11.7 Å². The van der Waals surface area contributed by atoms with E-state index >= 15 is 0 Å². The normalized spacial score (nSPS) is 11.0. The topological polar surface area (TPSA) is 84.8 Å². The Balaban J connectivity index is 1.94. The van der Waals surface area contributed by atoms with Crippen LogP contribution in [0.3, 0.4) is 0 Å². The van der Waals surface area contributed by atoms with Gasteiger partial charge in [0.1, 0.15) is 5.52 Å². The molecular weight excluding hydrogens is 366 g/mol. The van der Waals surface area contributed by atoms with Crippen LogP contribution in [0.5, 0.6) is 6.01 Å². The van der Waals surface area contributed by atoms with Gasteiger partial charge in [-0.15, -0.1) is 11.6 Å². The van der Waals surface area contributed by atoms with Crippen LogP contribution in [0.1, 0.15) is 31.7 Å². The van der Waals surface area contributed by atoms with Gasteiger partial charge in [0.25, 0.3) is 0 Å². The molecule has 0 saturated heterocycles. The van der Waals surface area contributed by atoms with E-state index in [1.165, 1.54) is 0 Å². The van der Waals surface area contributed by atoms with E-state index in [0.29, 0.717) is 49.0 Å². The molecule has 27 heavy (non-hydrogen) atoms. The molecule has 0 aliphatic rings. The van der Waals surface area contributed by atoms with Crippen molar-refractivity contribution in [3.63, 3.8) is 0 Å². The molecule has 0 radical (unpaired) electrons. The summed E-state index contributed by atoms with van der Waals surface area (Å²) in [5.74, 6) is 1.03. The number of rotatable bonds is 10. The third-order valence-corrected chi connectivity index (χ3v) is 4.42. The molecule has 0 aliphatic carbocycles. The summed E-state index contributed by atoms with van der Waals surface area (Å²) in [6, 6.07) is 10.3. The van der Waals surface area contributed by atoms with Gasteiger partial charge in [-0.2, -0.15) is 9.97 Å². The van der Waals surface area contributed by atoms with Crippen molar-refractivity contribution < 1.29 is 4.74 Å². The predicted molar refractivity (Wildman–Crippen MR) is 108 cm³/mol. The van der Waals surface area contributed by atoms with Crippen molar-refractivity contribution >= 4 is 28.6 Å². The molecule has 0 aliphatic heterocycles. The Hall–Kier alpha value is -2.54. The van der Waals surface area contributed by atoms with E-state index in [2.05, 4.69) is 27.2 Å². The average Bonchev–Trinajstić information content (AvgIpc) is 3.01. The third-order valence-electron chi connectivity index (χ3n) is 4.15. The van der Waals surface area contributed by atoms with Crippen molar-refractivity contribution in [2.24, 2.45) is 0 Å². The fraction of sp³-hybridized carbons (Fsp3) is 0.421. The van der Waals surface area contributed by atoms with Crippen molar-refractivity contribution in [2.75, 3.05) is 17.8 Å². The predicted octanol–water partition coefficient (Wildman–Crippen LogP) is 3.54. The molecule has 2 aromatic heterocycles. The molecule has 3 rings (SSSR count). The number of benzene rings is 1. The number of nitrogens with zero attached hydrogens (tertiary/aromatic N) is 3. The van der Waals surface area contributed by atoms with Crippen LogP contribution >= 0.6 is 11.6 Å². The lowest BCUT2D eigenvalue weighted by molar-refractivity contribution is 0.286. The fourth-order valence-corrected chi connectivity index (χ4v) is 2.84. The number of hydrogen-bond acceptors (Lipinski definition) is 5. The van der Waals surface area contributed by atoms with E-state index in [4.69, 9.17) is 16.3 Å². The Morgan fingerprint density at radius 1 is 1.22 bits per heavy atom. The summed E-state index contributed by atoms with van der Waals surface area (Å²) >= 11 is 5.79. The molecule has 7 nitrogen and oxygen atoms in total. The van der Waals surface area contributed by atoms with Gasteiger partial charge in [-0.05, 0) is 18.4 Å². The lowest BCUT2D eigenvalue weighted by atomic mass is 10.2. The number of imidazole rings is 1. The van der Waals surface area contributed by atoms with Gasteiger partial charge in [0.15, 0.2) is 11.5 Å². The molecule has 0 spiro atoms. The number of aromatic nitrogens is 4. The van der Waals surface area contributed by atoms with Gasteiger partial charge < -0.3 is 15.0 Å². The summed E-state index contributed by atoms with van der Waals surface area (Å²) in [6.07, 6.45) is 2.61. The molecule has 0 unspecified atom stereocenters. The first-order chi connectivity index (χ1) is 13.2. The fourth-order valence-electron chi connectivity index (χ4n) is 2.72. The minimum Gasteiger partial charge on any atom is -0.463 e. The highest BCUT2D eigenvalue weighted by Gasteiger charge is 2.16. The second-order valence-corrected chi connectivity index (χ2v) is 6.60. The Bertz CT molecular complexity index is 923. The zero-order chi connectivity index (χ0) is 19.1. The molecule has 8 heteroatoms. The molecule has 144 valence electrons. The number of halogens is 1. The molecule has 1 aromatic carbocycles. The number of fused-ring (bicyclic) bond motifs is 1. The first-order valence-electron chi connectivity index (χ1n) is 9.20. The zero-order valence-electron chi connectivity index (χ0n) is 15.4. The monoisotopic (exact) mass is 389 g/mol. The van der Waals surface area contributed by atoms with Gasteiger partial charge in [0.05, 0.1) is 6.61 Å². The number of anilines is 1. The van der Waals surface area contributed by atoms with Gasteiger partial charge in [-0.1, -0.05) is 43.7 Å². The molecular formula is C19H24ClN5O2. The second-order valence-electron chi connectivity index (χ2n) is 6.22. The molecule has 3 aromatic rings. The third kappa shape index (κ3) is 4.80. The van der Waals surface area contributed by atoms with E-state index in [0.717, 1.165) is 18.4 Å². The Morgan fingerprint density at radius 2 is 2.04 bits per heavy atom. The lowest BCUT2D eigenvalue weighted by Crippen LogP contribution is -2.17. The smallest absolute Gasteiger partial charge is 0.327 e. The first kappa shape index (κ1) is 19.2. The van der Waals surface area contributed by atoms with Crippen molar-refractivity contribution in [3.8, 4) is 6.01 Å². The maximum atomic E-state index is 12.4. The Kier molecular flexibility index (Phi) is 6.70. The molecule has 0 bridgehead atoms. The van der Waals surface area contributed by atoms with Gasteiger partial charge in [0, 0.05) is 19.0 Å². The molecule has 0 fully saturated rings. The van der Waals surface area contributed by atoms with Crippen LogP contribution < -0.4 is 15.7 Å². The van der Waals surface area contributed by atoms with Gasteiger partial charge in [0.2, 0.25) is 0 Å². The largest absolute Gasteiger partial charge is 0.463 e. The summed E-state index contributed by atoms with van der Waals surface area (Å²) in [6.45, 7) is 3.70. The maximum Gasteiger partial charge on any atom is 0.327 e. The number of hydrogen-bond donors (Lipinski definition) is 2. The van der Waals surface area contributed by atoms with Crippen LogP contribution in [0.4, 0.5) is 5.82 Å². The summed E-state index contributed by atoms with van der Waals surface area (Å²) in [5, 5.41) is 3.29.